The molecule has 1 aromatic heterocycles. The van der Waals surface area contributed by atoms with E-state index in [2.05, 4.69) is 10.4 Å². The second-order valence-corrected chi connectivity index (χ2v) is 4.36. The Morgan fingerprint density at radius 2 is 2.11 bits per heavy atom. The fourth-order valence-corrected chi connectivity index (χ4v) is 1.83. The summed E-state index contributed by atoms with van der Waals surface area (Å²) in [5, 5.41) is 6.82. The average molecular weight is 258 g/mol. The Labute approximate surface area is 112 Å². The molecular weight excluding hydrogens is 240 g/mol. The van der Waals surface area contributed by atoms with Crippen LogP contribution in [-0.2, 0) is 11.3 Å². The van der Waals surface area contributed by atoms with Crippen molar-refractivity contribution < 1.29 is 4.79 Å². The van der Waals surface area contributed by atoms with Crippen LogP contribution >= 0.6 is 0 Å². The van der Waals surface area contributed by atoms with Gasteiger partial charge in [-0.25, -0.2) is 0 Å². The van der Waals surface area contributed by atoms with Crippen LogP contribution in [-0.4, -0.2) is 22.2 Å². The topological polar surface area (TPSA) is 72.9 Å². The molecule has 1 heterocycles. The maximum absolute atomic E-state index is 11.6. The highest BCUT2D eigenvalue weighted by molar-refractivity contribution is 5.75. The van der Waals surface area contributed by atoms with E-state index in [4.69, 9.17) is 5.73 Å². The maximum Gasteiger partial charge on any atom is 0.241 e. The van der Waals surface area contributed by atoms with Crippen molar-refractivity contribution in [1.29, 1.82) is 0 Å². The maximum atomic E-state index is 11.6. The second kappa shape index (κ2) is 6.70. The zero-order valence-electron chi connectivity index (χ0n) is 10.7. The van der Waals surface area contributed by atoms with Crippen molar-refractivity contribution in [3.63, 3.8) is 0 Å². The predicted molar refractivity (Wildman–Crippen MR) is 73.2 cm³/mol. The van der Waals surface area contributed by atoms with Crippen LogP contribution < -0.4 is 11.1 Å². The zero-order valence-corrected chi connectivity index (χ0v) is 10.7. The van der Waals surface area contributed by atoms with Crippen molar-refractivity contribution >= 4 is 5.91 Å². The van der Waals surface area contributed by atoms with Gasteiger partial charge in [0.05, 0.1) is 0 Å². The van der Waals surface area contributed by atoms with Crippen molar-refractivity contribution in [3.05, 3.63) is 54.4 Å². The number of hydrogen-bond donors (Lipinski definition) is 2. The first-order chi connectivity index (χ1) is 9.25. The van der Waals surface area contributed by atoms with Crippen LogP contribution in [0, 0.1) is 0 Å². The molecule has 1 amide bonds. The lowest BCUT2D eigenvalue weighted by Crippen LogP contribution is -2.30. The molecule has 2 aromatic rings. The van der Waals surface area contributed by atoms with Gasteiger partial charge < -0.3 is 11.1 Å². The number of nitrogens with two attached hydrogens (primary N) is 1. The Bertz CT molecular complexity index is 495. The minimum absolute atomic E-state index is 0.0498. The normalized spacial score (nSPS) is 12.1. The van der Waals surface area contributed by atoms with Gasteiger partial charge in [0.15, 0.2) is 0 Å². The molecular formula is C14H18N4O. The number of benzene rings is 1. The van der Waals surface area contributed by atoms with Gasteiger partial charge in [0.25, 0.3) is 0 Å². The van der Waals surface area contributed by atoms with Crippen molar-refractivity contribution in [2.24, 2.45) is 5.73 Å². The van der Waals surface area contributed by atoms with Crippen LogP contribution in [0.5, 0.6) is 0 Å². The fraction of sp³-hybridized carbons (Fsp3) is 0.286. The minimum atomic E-state index is -0.0519. The van der Waals surface area contributed by atoms with E-state index < -0.39 is 0 Å². The average Bonchev–Trinajstić information content (AvgIpc) is 2.92. The largest absolute Gasteiger partial charge is 0.354 e. The second-order valence-electron chi connectivity index (χ2n) is 4.36. The van der Waals surface area contributed by atoms with Gasteiger partial charge in [-0.2, -0.15) is 5.10 Å². The standard InChI is InChI=1S/C14H18N4O/c15-13(12-5-2-1-3-6-12)7-9-16-14(19)11-18-10-4-8-17-18/h1-6,8,10,13H,7,9,11,15H2,(H,16,19). The molecule has 2 rings (SSSR count). The molecule has 0 aliphatic rings. The predicted octanol–water partition coefficient (Wildman–Crippen LogP) is 1.09. The minimum Gasteiger partial charge on any atom is -0.354 e. The summed E-state index contributed by atoms with van der Waals surface area (Å²) in [6.45, 7) is 0.809. The molecule has 0 fully saturated rings. The van der Waals surface area contributed by atoms with E-state index in [9.17, 15) is 4.79 Å². The van der Waals surface area contributed by atoms with Crippen LogP contribution in [0.4, 0.5) is 0 Å². The number of rotatable bonds is 6. The Balaban J connectivity index is 1.70. The van der Waals surface area contributed by atoms with Gasteiger partial charge in [0.1, 0.15) is 6.54 Å². The Hall–Kier alpha value is -2.14. The van der Waals surface area contributed by atoms with Gasteiger partial charge in [-0.1, -0.05) is 30.3 Å². The van der Waals surface area contributed by atoms with E-state index >= 15 is 0 Å². The summed E-state index contributed by atoms with van der Waals surface area (Å²) < 4.78 is 1.59. The highest BCUT2D eigenvalue weighted by Gasteiger charge is 2.06. The van der Waals surface area contributed by atoms with E-state index in [1.54, 1.807) is 23.1 Å². The first kappa shape index (κ1) is 13.3. The first-order valence-corrected chi connectivity index (χ1v) is 6.30. The lowest BCUT2D eigenvalue weighted by Gasteiger charge is -2.12. The highest BCUT2D eigenvalue weighted by Crippen LogP contribution is 2.11. The molecule has 1 aromatic carbocycles. The van der Waals surface area contributed by atoms with Crippen LogP contribution in [0.3, 0.4) is 0 Å². The van der Waals surface area contributed by atoms with Gasteiger partial charge in [-0.15, -0.1) is 0 Å². The van der Waals surface area contributed by atoms with Gasteiger partial charge >= 0.3 is 0 Å². The van der Waals surface area contributed by atoms with Gasteiger partial charge in [0, 0.05) is 25.0 Å². The summed E-state index contributed by atoms with van der Waals surface area (Å²) in [7, 11) is 0. The highest BCUT2D eigenvalue weighted by atomic mass is 16.2. The molecule has 3 N–H and O–H groups in total. The molecule has 0 saturated heterocycles. The third-order valence-corrected chi connectivity index (χ3v) is 2.87. The number of nitrogens with zero attached hydrogens (tertiary/aromatic N) is 2. The Morgan fingerprint density at radius 1 is 1.32 bits per heavy atom. The summed E-state index contributed by atoms with van der Waals surface area (Å²) >= 11 is 0. The van der Waals surface area contributed by atoms with E-state index in [0.29, 0.717) is 6.54 Å². The van der Waals surface area contributed by atoms with Crippen LogP contribution in [0.2, 0.25) is 0 Å². The van der Waals surface area contributed by atoms with Crippen LogP contribution in [0.15, 0.2) is 48.8 Å². The monoisotopic (exact) mass is 258 g/mol. The molecule has 19 heavy (non-hydrogen) atoms. The summed E-state index contributed by atoms with van der Waals surface area (Å²) in [4.78, 5) is 11.6. The van der Waals surface area contributed by atoms with Crippen molar-refractivity contribution in [1.82, 2.24) is 15.1 Å². The molecule has 0 spiro atoms. The SMILES string of the molecule is NC(CCNC(=O)Cn1cccn1)c1ccccc1. The fourth-order valence-electron chi connectivity index (χ4n) is 1.83. The van der Waals surface area contributed by atoms with Gasteiger partial charge in [-0.05, 0) is 18.1 Å². The molecule has 0 radical (unpaired) electrons. The van der Waals surface area contributed by atoms with Gasteiger partial charge in [0.2, 0.25) is 5.91 Å². The van der Waals surface area contributed by atoms with E-state index in [-0.39, 0.29) is 18.5 Å². The quantitative estimate of drug-likeness (QED) is 0.814. The molecule has 0 aliphatic carbocycles. The number of nitrogens with one attached hydrogen (secondary N) is 1. The van der Waals surface area contributed by atoms with Crippen molar-refractivity contribution in [3.8, 4) is 0 Å². The first-order valence-electron chi connectivity index (χ1n) is 6.30. The molecule has 5 nitrogen and oxygen atoms in total. The van der Waals surface area contributed by atoms with Crippen LogP contribution in [0.1, 0.15) is 18.0 Å². The molecule has 0 aliphatic heterocycles. The summed E-state index contributed by atoms with van der Waals surface area (Å²) in [5.41, 5.74) is 7.14. The number of carbonyl (C=O) groups is 1. The smallest absolute Gasteiger partial charge is 0.241 e. The van der Waals surface area contributed by atoms with Crippen molar-refractivity contribution in [2.75, 3.05) is 6.54 Å². The molecule has 0 saturated carbocycles. The zero-order chi connectivity index (χ0) is 13.5. The Kier molecular flexibility index (Phi) is 4.69. The number of carbonyl (C=O) groups excluding carboxylic acids is 1. The molecule has 5 heteroatoms. The van der Waals surface area contributed by atoms with E-state index in [1.165, 1.54) is 0 Å². The molecule has 100 valence electrons. The summed E-state index contributed by atoms with van der Waals surface area (Å²) in [6.07, 6.45) is 4.13. The number of hydrogen-bond acceptors (Lipinski definition) is 3. The summed E-state index contributed by atoms with van der Waals surface area (Å²) in [6, 6.07) is 11.6. The van der Waals surface area contributed by atoms with Crippen molar-refractivity contribution in [2.45, 2.75) is 19.0 Å². The summed E-state index contributed by atoms with van der Waals surface area (Å²) in [5.74, 6) is -0.0519. The number of amides is 1. The van der Waals surface area contributed by atoms with E-state index in [0.717, 1.165) is 12.0 Å². The molecule has 0 bridgehead atoms. The number of aromatic nitrogens is 2. The Morgan fingerprint density at radius 3 is 2.79 bits per heavy atom. The molecule has 1 unspecified atom stereocenters. The lowest BCUT2D eigenvalue weighted by atomic mass is 10.1. The molecule has 1 atom stereocenters. The lowest BCUT2D eigenvalue weighted by molar-refractivity contribution is -0.121. The van der Waals surface area contributed by atoms with E-state index in [1.807, 2.05) is 30.3 Å². The third-order valence-electron chi connectivity index (χ3n) is 2.87. The van der Waals surface area contributed by atoms with Gasteiger partial charge in [-0.3, -0.25) is 9.48 Å². The van der Waals surface area contributed by atoms with Crippen LogP contribution in [0.25, 0.3) is 0 Å². The third kappa shape index (κ3) is 4.22.